The summed E-state index contributed by atoms with van der Waals surface area (Å²) in [6.45, 7) is 2.01. The van der Waals surface area contributed by atoms with E-state index in [-0.39, 0.29) is 29.8 Å². The van der Waals surface area contributed by atoms with Gasteiger partial charge in [-0.25, -0.2) is 9.37 Å². The number of hydrogen-bond acceptors (Lipinski definition) is 4. The molecule has 7 nitrogen and oxygen atoms in total. The molecule has 0 amide bonds. The van der Waals surface area contributed by atoms with E-state index in [0.29, 0.717) is 31.4 Å². The molecule has 0 radical (unpaired) electrons. The Morgan fingerprint density at radius 1 is 1.06 bits per heavy atom. The zero-order valence-electron chi connectivity index (χ0n) is 18.2. The first-order valence-corrected chi connectivity index (χ1v) is 10.4. The minimum Gasteiger partial charge on any atom is -0.444 e. The molecule has 0 spiro atoms. The summed E-state index contributed by atoms with van der Waals surface area (Å²) in [6, 6.07) is 16.3. The van der Waals surface area contributed by atoms with Gasteiger partial charge < -0.3 is 15.1 Å². The lowest BCUT2D eigenvalue weighted by Gasteiger charge is -2.14. The fraction of sp³-hybridized carbons (Fsp3) is 0.208. The summed E-state index contributed by atoms with van der Waals surface area (Å²) in [4.78, 5) is 8.77. The van der Waals surface area contributed by atoms with Crippen LogP contribution in [0.25, 0.3) is 11.5 Å². The van der Waals surface area contributed by atoms with E-state index in [4.69, 9.17) is 4.42 Å². The largest absolute Gasteiger partial charge is 0.444 e. The van der Waals surface area contributed by atoms with Gasteiger partial charge in [-0.3, -0.25) is 9.67 Å². The number of nitrogens with zero attached hydrogens (tertiary/aromatic N) is 4. The van der Waals surface area contributed by atoms with Crippen LogP contribution in [0.15, 0.2) is 82.7 Å². The summed E-state index contributed by atoms with van der Waals surface area (Å²) >= 11 is 0. The van der Waals surface area contributed by atoms with E-state index in [1.54, 1.807) is 31.6 Å². The first-order valence-electron chi connectivity index (χ1n) is 10.4. The van der Waals surface area contributed by atoms with Crippen LogP contribution in [0.2, 0.25) is 0 Å². The van der Waals surface area contributed by atoms with Crippen molar-refractivity contribution in [1.82, 2.24) is 25.4 Å². The van der Waals surface area contributed by atoms with E-state index in [1.807, 2.05) is 29.1 Å². The molecule has 2 aromatic carbocycles. The highest BCUT2D eigenvalue weighted by atomic mass is 127. The number of halogens is 2. The van der Waals surface area contributed by atoms with E-state index >= 15 is 0 Å². The summed E-state index contributed by atoms with van der Waals surface area (Å²) in [5.41, 5.74) is 3.95. The van der Waals surface area contributed by atoms with Gasteiger partial charge in [0, 0.05) is 44.5 Å². The fourth-order valence-corrected chi connectivity index (χ4v) is 3.31. The van der Waals surface area contributed by atoms with Gasteiger partial charge in [-0.15, -0.1) is 24.0 Å². The highest BCUT2D eigenvalue weighted by Gasteiger charge is 2.08. The van der Waals surface area contributed by atoms with E-state index < -0.39 is 0 Å². The van der Waals surface area contributed by atoms with Crippen molar-refractivity contribution in [3.63, 3.8) is 0 Å². The van der Waals surface area contributed by atoms with Crippen LogP contribution in [0.1, 0.15) is 16.8 Å². The van der Waals surface area contributed by atoms with Gasteiger partial charge in [-0.2, -0.15) is 5.10 Å². The molecule has 4 rings (SSSR count). The lowest BCUT2D eigenvalue weighted by atomic mass is 10.1. The molecule has 0 saturated carbocycles. The first kappa shape index (κ1) is 24.4. The average Bonchev–Trinajstić information content (AvgIpc) is 3.50. The zero-order chi connectivity index (χ0) is 22.2. The molecule has 0 aliphatic carbocycles. The molecule has 9 heteroatoms. The molecule has 0 fully saturated rings. The molecule has 4 aromatic rings. The number of aromatic nitrogens is 3. The normalized spacial score (nSPS) is 11.2. The Morgan fingerprint density at radius 2 is 1.85 bits per heavy atom. The Morgan fingerprint density at radius 3 is 2.58 bits per heavy atom. The number of hydrogen-bond donors (Lipinski definition) is 2. The molecular formula is C24H26FIN6O. The van der Waals surface area contributed by atoms with Gasteiger partial charge in [0.15, 0.2) is 5.96 Å². The molecule has 0 aliphatic heterocycles. The molecular weight excluding hydrogens is 534 g/mol. The first-order chi connectivity index (χ1) is 15.7. The Balaban J connectivity index is 0.00000306. The van der Waals surface area contributed by atoms with Crippen molar-refractivity contribution in [1.29, 1.82) is 0 Å². The monoisotopic (exact) mass is 560 g/mol. The maximum absolute atomic E-state index is 13.1. The highest BCUT2D eigenvalue weighted by Crippen LogP contribution is 2.19. The Hall–Kier alpha value is -3.21. The molecule has 172 valence electrons. The maximum atomic E-state index is 13.1. The third kappa shape index (κ3) is 6.88. The molecule has 0 atom stereocenters. The molecule has 33 heavy (non-hydrogen) atoms. The number of aliphatic imine (C=N–C) groups is 1. The van der Waals surface area contributed by atoms with Crippen LogP contribution in [0.4, 0.5) is 4.39 Å². The third-order valence-electron chi connectivity index (χ3n) is 5.00. The fourth-order valence-electron chi connectivity index (χ4n) is 3.31. The van der Waals surface area contributed by atoms with Crippen molar-refractivity contribution in [2.24, 2.45) is 4.99 Å². The smallest absolute Gasteiger partial charge is 0.226 e. The lowest BCUT2D eigenvalue weighted by Crippen LogP contribution is -2.38. The third-order valence-corrected chi connectivity index (χ3v) is 5.00. The van der Waals surface area contributed by atoms with E-state index in [9.17, 15) is 4.39 Å². The molecule has 2 aromatic heterocycles. The standard InChI is InChI=1S/C24H25FN6O.HI/c1-26-24(28-15-19-5-2-3-6-20(19)16-31-14-4-12-29-31)27-13-11-22-17-32-23(30-22)18-7-9-21(25)10-8-18;/h2-10,12,14,17H,11,13,15-16H2,1H3,(H2,26,27,28);1H. The number of nitrogens with one attached hydrogen (secondary N) is 2. The number of rotatable bonds is 8. The van der Waals surface area contributed by atoms with Crippen LogP contribution in [-0.4, -0.2) is 34.3 Å². The Bertz CT molecular complexity index is 1160. The predicted octanol–water partition coefficient (Wildman–Crippen LogP) is 4.25. The Labute approximate surface area is 209 Å². The van der Waals surface area contributed by atoms with Crippen LogP contribution in [0.5, 0.6) is 0 Å². The highest BCUT2D eigenvalue weighted by molar-refractivity contribution is 14.0. The summed E-state index contributed by atoms with van der Waals surface area (Å²) in [7, 11) is 1.74. The number of oxazole rings is 1. The molecule has 0 aliphatic rings. The minimum absolute atomic E-state index is 0. The summed E-state index contributed by atoms with van der Waals surface area (Å²) < 4.78 is 20.5. The second-order valence-electron chi connectivity index (χ2n) is 7.23. The molecule has 0 unspecified atom stereocenters. The van der Waals surface area contributed by atoms with Gasteiger partial charge in [-0.1, -0.05) is 24.3 Å². The van der Waals surface area contributed by atoms with Gasteiger partial charge in [-0.05, 0) is 41.5 Å². The second kappa shape index (κ2) is 12.1. The summed E-state index contributed by atoms with van der Waals surface area (Å²) in [5.74, 6) is 0.907. The maximum Gasteiger partial charge on any atom is 0.226 e. The minimum atomic E-state index is -0.285. The van der Waals surface area contributed by atoms with Crippen molar-refractivity contribution in [3.8, 4) is 11.5 Å². The number of benzene rings is 2. The van der Waals surface area contributed by atoms with Crippen molar-refractivity contribution in [2.75, 3.05) is 13.6 Å². The van der Waals surface area contributed by atoms with E-state index in [0.717, 1.165) is 17.8 Å². The van der Waals surface area contributed by atoms with E-state index in [2.05, 4.69) is 37.8 Å². The van der Waals surface area contributed by atoms with Crippen LogP contribution in [0.3, 0.4) is 0 Å². The molecule has 0 saturated heterocycles. The number of guanidine groups is 1. The van der Waals surface area contributed by atoms with Gasteiger partial charge in [0.05, 0.1) is 12.2 Å². The quantitative estimate of drug-likeness (QED) is 0.192. The van der Waals surface area contributed by atoms with Crippen LogP contribution >= 0.6 is 24.0 Å². The van der Waals surface area contributed by atoms with E-state index in [1.165, 1.54) is 23.3 Å². The zero-order valence-corrected chi connectivity index (χ0v) is 20.6. The second-order valence-corrected chi connectivity index (χ2v) is 7.23. The SMILES string of the molecule is CN=C(NCCc1coc(-c2ccc(F)cc2)n1)NCc1ccccc1Cn1cccn1.I. The molecule has 2 heterocycles. The molecule has 0 bridgehead atoms. The predicted molar refractivity (Wildman–Crippen MR) is 137 cm³/mol. The van der Waals surface area contributed by atoms with Crippen LogP contribution in [-0.2, 0) is 19.5 Å². The van der Waals surface area contributed by atoms with Crippen LogP contribution in [0, 0.1) is 5.82 Å². The lowest BCUT2D eigenvalue weighted by molar-refractivity contribution is 0.571. The van der Waals surface area contributed by atoms with Gasteiger partial charge in [0.1, 0.15) is 12.1 Å². The Kier molecular flexibility index (Phi) is 8.99. The average molecular weight is 560 g/mol. The van der Waals surface area contributed by atoms with Crippen molar-refractivity contribution >= 4 is 29.9 Å². The summed E-state index contributed by atoms with van der Waals surface area (Å²) in [6.07, 6.45) is 6.03. The van der Waals surface area contributed by atoms with Crippen molar-refractivity contribution in [2.45, 2.75) is 19.5 Å². The van der Waals surface area contributed by atoms with Crippen molar-refractivity contribution in [3.05, 3.63) is 95.9 Å². The van der Waals surface area contributed by atoms with Gasteiger partial charge in [0.2, 0.25) is 5.89 Å². The topological polar surface area (TPSA) is 80.3 Å². The van der Waals surface area contributed by atoms with Gasteiger partial charge >= 0.3 is 0 Å². The summed E-state index contributed by atoms with van der Waals surface area (Å²) in [5, 5.41) is 10.9. The van der Waals surface area contributed by atoms with Crippen molar-refractivity contribution < 1.29 is 8.81 Å². The molecule has 2 N–H and O–H groups in total. The van der Waals surface area contributed by atoms with Crippen LogP contribution < -0.4 is 10.6 Å². The van der Waals surface area contributed by atoms with Gasteiger partial charge in [0.25, 0.3) is 0 Å².